The molecule has 0 saturated carbocycles. The number of carbonyl (C=O) groups is 3. The average molecular weight is 519 g/mol. The summed E-state index contributed by atoms with van der Waals surface area (Å²) in [5.74, 6) is -1.99. The topological polar surface area (TPSA) is 158 Å². The van der Waals surface area contributed by atoms with Crippen LogP contribution in [-0.4, -0.2) is 43.8 Å². The van der Waals surface area contributed by atoms with Crippen molar-refractivity contribution in [2.45, 2.75) is 46.2 Å². The molecule has 4 rings (SSSR count). The van der Waals surface area contributed by atoms with Crippen LogP contribution in [0, 0.1) is 19.8 Å². The third-order valence-electron chi connectivity index (χ3n) is 6.37. The summed E-state index contributed by atoms with van der Waals surface area (Å²) in [6.45, 7) is 6.75. The Kier molecular flexibility index (Phi) is 7.52. The van der Waals surface area contributed by atoms with Crippen molar-refractivity contribution in [3.8, 4) is 11.8 Å². The predicted octanol–water partition coefficient (Wildman–Crippen LogP) is 4.07. The number of oxazole rings is 1. The Hall–Kier alpha value is -4.60. The Balaban J connectivity index is 1.54. The highest BCUT2D eigenvalue weighted by Gasteiger charge is 2.31. The highest BCUT2D eigenvalue weighted by molar-refractivity contribution is 6.05. The number of benzene rings is 2. The Morgan fingerprint density at radius 2 is 1.71 bits per heavy atom. The van der Waals surface area contributed by atoms with E-state index in [0.29, 0.717) is 28.1 Å². The van der Waals surface area contributed by atoms with Gasteiger partial charge in [0.15, 0.2) is 23.1 Å². The molecular weight excluding hydrogens is 488 g/mol. The van der Waals surface area contributed by atoms with E-state index < -0.39 is 35.6 Å². The molecule has 0 spiro atoms. The third-order valence-corrected chi connectivity index (χ3v) is 6.37. The zero-order chi connectivity index (χ0) is 27.6. The van der Waals surface area contributed by atoms with E-state index in [1.54, 1.807) is 63.2 Å². The standard InChI is InChI=1S/C28H30N4O6/c1-14(2)24(25(34)23-15(3)26(35)32-28(23)37)31-22(33)13-19(17-8-6-5-7-9-17)30-27(36)18-10-11-21-20(12-18)29-16(4)38-21/h5-12,14,19,24,32,35,37H,13H2,1-4H3,(H,30,36)(H,31,33)/t19-,24+/m0/s1. The number of carbonyl (C=O) groups excluding carboxylic acids is 3. The summed E-state index contributed by atoms with van der Waals surface area (Å²) < 4.78 is 5.47. The van der Waals surface area contributed by atoms with Gasteiger partial charge in [-0.1, -0.05) is 44.2 Å². The number of nitrogens with zero attached hydrogens (tertiary/aromatic N) is 1. The van der Waals surface area contributed by atoms with Gasteiger partial charge in [0, 0.05) is 18.1 Å². The van der Waals surface area contributed by atoms with Crippen LogP contribution in [0.3, 0.4) is 0 Å². The van der Waals surface area contributed by atoms with Gasteiger partial charge in [-0.3, -0.25) is 19.4 Å². The maximum atomic E-state index is 13.2. The number of hydrogen-bond acceptors (Lipinski definition) is 7. The third kappa shape index (κ3) is 5.54. The van der Waals surface area contributed by atoms with Crippen LogP contribution in [0.2, 0.25) is 0 Å². The lowest BCUT2D eigenvalue weighted by Crippen LogP contribution is -2.45. The van der Waals surface area contributed by atoms with Gasteiger partial charge in [0.1, 0.15) is 5.52 Å². The molecule has 0 saturated heterocycles. The fourth-order valence-electron chi connectivity index (χ4n) is 4.34. The molecule has 4 aromatic rings. The second-order valence-corrected chi connectivity index (χ2v) is 9.53. The first-order chi connectivity index (χ1) is 18.0. The Morgan fingerprint density at radius 1 is 1.00 bits per heavy atom. The average Bonchev–Trinajstić information content (AvgIpc) is 3.37. The molecule has 2 heterocycles. The molecular formula is C28H30N4O6. The minimum atomic E-state index is -0.966. The van der Waals surface area contributed by atoms with Crippen molar-refractivity contribution in [1.82, 2.24) is 20.6 Å². The molecule has 0 aliphatic rings. The van der Waals surface area contributed by atoms with Crippen LogP contribution in [0.15, 0.2) is 52.9 Å². The first kappa shape index (κ1) is 26.5. The maximum absolute atomic E-state index is 13.2. The zero-order valence-electron chi connectivity index (χ0n) is 21.5. The lowest BCUT2D eigenvalue weighted by molar-refractivity contribution is -0.122. The number of amides is 2. The molecule has 0 unspecified atom stereocenters. The molecule has 0 aliphatic carbocycles. The molecule has 2 amide bonds. The van der Waals surface area contributed by atoms with Crippen LogP contribution in [-0.2, 0) is 4.79 Å². The highest BCUT2D eigenvalue weighted by atomic mass is 16.3. The van der Waals surface area contributed by atoms with Crippen LogP contribution in [0.4, 0.5) is 0 Å². The number of fused-ring (bicyclic) bond motifs is 1. The van der Waals surface area contributed by atoms with Crippen molar-refractivity contribution in [1.29, 1.82) is 0 Å². The van der Waals surface area contributed by atoms with E-state index in [-0.39, 0.29) is 29.3 Å². The smallest absolute Gasteiger partial charge is 0.251 e. The monoisotopic (exact) mass is 518 g/mol. The molecule has 0 fully saturated rings. The van der Waals surface area contributed by atoms with Crippen molar-refractivity contribution < 1.29 is 29.0 Å². The predicted molar refractivity (Wildman–Crippen MR) is 140 cm³/mol. The van der Waals surface area contributed by atoms with Crippen molar-refractivity contribution >= 4 is 28.7 Å². The quantitative estimate of drug-likeness (QED) is 0.209. The number of Topliss-reactive ketones (excluding diaryl/α,β-unsaturated/α-hetero) is 1. The van der Waals surface area contributed by atoms with Gasteiger partial charge >= 0.3 is 0 Å². The van der Waals surface area contributed by atoms with Crippen molar-refractivity contribution in [3.63, 3.8) is 0 Å². The van der Waals surface area contributed by atoms with Gasteiger partial charge in [-0.05, 0) is 36.6 Å². The van der Waals surface area contributed by atoms with E-state index >= 15 is 0 Å². The van der Waals surface area contributed by atoms with Crippen LogP contribution in [0.25, 0.3) is 11.1 Å². The van der Waals surface area contributed by atoms with Gasteiger partial charge in [0.05, 0.1) is 24.1 Å². The summed E-state index contributed by atoms with van der Waals surface area (Å²) in [5.41, 5.74) is 2.32. The van der Waals surface area contributed by atoms with E-state index in [4.69, 9.17) is 4.42 Å². The van der Waals surface area contributed by atoms with E-state index in [9.17, 15) is 24.6 Å². The van der Waals surface area contributed by atoms with Crippen molar-refractivity contribution in [3.05, 3.63) is 76.7 Å². The molecule has 2 aromatic heterocycles. The summed E-state index contributed by atoms with van der Waals surface area (Å²) >= 11 is 0. The van der Waals surface area contributed by atoms with Crippen LogP contribution in [0.5, 0.6) is 11.8 Å². The number of aromatic hydroxyl groups is 2. The summed E-state index contributed by atoms with van der Waals surface area (Å²) in [6.07, 6.45) is -0.138. The number of hydrogen-bond donors (Lipinski definition) is 5. The molecule has 38 heavy (non-hydrogen) atoms. The number of aromatic nitrogens is 2. The number of nitrogens with one attached hydrogen (secondary N) is 3. The van der Waals surface area contributed by atoms with E-state index in [1.807, 2.05) is 6.07 Å². The Morgan fingerprint density at radius 3 is 2.34 bits per heavy atom. The second kappa shape index (κ2) is 10.8. The summed E-state index contributed by atoms with van der Waals surface area (Å²) in [7, 11) is 0. The van der Waals surface area contributed by atoms with Crippen LogP contribution < -0.4 is 10.6 Å². The number of rotatable bonds is 9. The van der Waals surface area contributed by atoms with Gasteiger partial charge in [-0.15, -0.1) is 0 Å². The van der Waals surface area contributed by atoms with Gasteiger partial charge < -0.3 is 25.3 Å². The van der Waals surface area contributed by atoms with E-state index in [0.717, 1.165) is 0 Å². The number of H-pyrrole nitrogens is 1. The van der Waals surface area contributed by atoms with Crippen LogP contribution in [0.1, 0.15) is 64.0 Å². The highest BCUT2D eigenvalue weighted by Crippen LogP contribution is 2.30. The van der Waals surface area contributed by atoms with Gasteiger partial charge in [-0.25, -0.2) is 4.98 Å². The normalized spacial score (nSPS) is 12.9. The molecule has 0 aliphatic heterocycles. The Labute approximate surface area is 219 Å². The number of aromatic amines is 1. The summed E-state index contributed by atoms with van der Waals surface area (Å²) in [5, 5.41) is 25.6. The van der Waals surface area contributed by atoms with E-state index in [2.05, 4.69) is 20.6 Å². The fraction of sp³-hybridized carbons (Fsp3) is 0.286. The van der Waals surface area contributed by atoms with E-state index in [1.165, 1.54) is 6.92 Å². The zero-order valence-corrected chi connectivity index (χ0v) is 21.5. The van der Waals surface area contributed by atoms with Gasteiger partial charge in [0.2, 0.25) is 11.8 Å². The molecule has 198 valence electrons. The molecule has 2 atom stereocenters. The minimum Gasteiger partial charge on any atom is -0.494 e. The van der Waals surface area contributed by atoms with Gasteiger partial charge in [0.25, 0.3) is 5.91 Å². The van der Waals surface area contributed by atoms with Crippen molar-refractivity contribution in [2.75, 3.05) is 0 Å². The summed E-state index contributed by atoms with van der Waals surface area (Å²) in [4.78, 5) is 46.2. The number of ketones is 1. The minimum absolute atomic E-state index is 0.0760. The SMILES string of the molecule is Cc1nc2cc(C(=O)N[C@@H](CC(=O)N[C@@H](C(=O)c3c(O)[nH]c(O)c3C)C(C)C)c3ccccc3)ccc2o1. The molecule has 10 nitrogen and oxygen atoms in total. The largest absolute Gasteiger partial charge is 0.494 e. The molecule has 0 bridgehead atoms. The van der Waals surface area contributed by atoms with Gasteiger partial charge in [-0.2, -0.15) is 0 Å². The Bertz CT molecular complexity index is 1490. The molecule has 2 aromatic carbocycles. The number of aryl methyl sites for hydroxylation is 1. The molecule has 10 heteroatoms. The molecule has 5 N–H and O–H groups in total. The van der Waals surface area contributed by atoms with Crippen molar-refractivity contribution in [2.24, 2.45) is 5.92 Å². The maximum Gasteiger partial charge on any atom is 0.251 e. The first-order valence-electron chi connectivity index (χ1n) is 12.2. The molecule has 0 radical (unpaired) electrons. The van der Waals surface area contributed by atoms with Crippen LogP contribution >= 0.6 is 0 Å². The fourth-order valence-corrected chi connectivity index (χ4v) is 4.34. The first-order valence-corrected chi connectivity index (χ1v) is 12.2. The lowest BCUT2D eigenvalue weighted by Gasteiger charge is -2.24. The summed E-state index contributed by atoms with van der Waals surface area (Å²) in [6, 6.07) is 12.3. The second-order valence-electron chi connectivity index (χ2n) is 9.53. The lowest BCUT2D eigenvalue weighted by atomic mass is 9.93.